The first kappa shape index (κ1) is 12.4. The lowest BCUT2D eigenvalue weighted by atomic mass is 10.0. The molecule has 1 aliphatic rings. The zero-order valence-corrected chi connectivity index (χ0v) is 11.1. The van der Waals surface area contributed by atoms with Gasteiger partial charge in [-0.25, -0.2) is 0 Å². The normalized spacial score (nSPS) is 16.7. The summed E-state index contributed by atoms with van der Waals surface area (Å²) < 4.78 is 0. The summed E-state index contributed by atoms with van der Waals surface area (Å²) in [5, 5.41) is 3.57. The third-order valence-electron chi connectivity index (χ3n) is 3.69. The molecular weight excluding hydrogens is 208 g/mol. The summed E-state index contributed by atoms with van der Waals surface area (Å²) in [6, 6.07) is 9.47. The predicted molar refractivity (Wildman–Crippen MR) is 74.7 cm³/mol. The van der Waals surface area contributed by atoms with Gasteiger partial charge in [0.1, 0.15) is 0 Å². The second kappa shape index (κ2) is 6.06. The van der Waals surface area contributed by atoms with E-state index in [1.807, 2.05) is 0 Å². The summed E-state index contributed by atoms with van der Waals surface area (Å²) in [6.45, 7) is 7.90. The molecule has 94 valence electrons. The molecule has 2 rings (SSSR count). The van der Waals surface area contributed by atoms with Crippen LogP contribution in [0.3, 0.4) is 0 Å². The molecule has 1 aromatic carbocycles. The molecule has 1 aliphatic heterocycles. The van der Waals surface area contributed by atoms with Crippen molar-refractivity contribution in [3.8, 4) is 0 Å². The van der Waals surface area contributed by atoms with Gasteiger partial charge in [0.2, 0.25) is 0 Å². The fourth-order valence-corrected chi connectivity index (χ4v) is 2.43. The van der Waals surface area contributed by atoms with Gasteiger partial charge in [-0.15, -0.1) is 0 Å². The molecule has 0 fully saturated rings. The number of rotatable bonds is 5. The van der Waals surface area contributed by atoms with Gasteiger partial charge in [-0.05, 0) is 37.8 Å². The molecule has 2 heteroatoms. The SMILES string of the molecule is CCC(C)NCCN1CCCc2ccccc21. The van der Waals surface area contributed by atoms with E-state index in [9.17, 15) is 0 Å². The molecule has 0 aromatic heterocycles. The highest BCUT2D eigenvalue weighted by atomic mass is 15.1. The van der Waals surface area contributed by atoms with Crippen molar-refractivity contribution in [3.63, 3.8) is 0 Å². The van der Waals surface area contributed by atoms with Crippen LogP contribution < -0.4 is 10.2 Å². The van der Waals surface area contributed by atoms with E-state index in [1.165, 1.54) is 37.1 Å². The minimum absolute atomic E-state index is 0.634. The van der Waals surface area contributed by atoms with Crippen molar-refractivity contribution in [1.82, 2.24) is 5.32 Å². The molecule has 0 saturated heterocycles. The molecule has 0 spiro atoms. The second-order valence-electron chi connectivity index (χ2n) is 4.98. The van der Waals surface area contributed by atoms with Crippen molar-refractivity contribution >= 4 is 5.69 Å². The topological polar surface area (TPSA) is 15.3 Å². The van der Waals surface area contributed by atoms with Gasteiger partial charge < -0.3 is 10.2 Å². The molecule has 17 heavy (non-hydrogen) atoms. The van der Waals surface area contributed by atoms with E-state index >= 15 is 0 Å². The lowest BCUT2D eigenvalue weighted by Crippen LogP contribution is -2.38. The Hall–Kier alpha value is -1.02. The number of aryl methyl sites for hydroxylation is 1. The maximum atomic E-state index is 3.57. The molecular formula is C15H24N2. The lowest BCUT2D eigenvalue weighted by molar-refractivity contribution is 0.529. The Kier molecular flexibility index (Phi) is 4.43. The number of hydrogen-bond acceptors (Lipinski definition) is 2. The average Bonchev–Trinajstić information content (AvgIpc) is 2.39. The van der Waals surface area contributed by atoms with Crippen LogP contribution in [-0.4, -0.2) is 25.7 Å². The molecule has 2 nitrogen and oxygen atoms in total. The molecule has 0 aliphatic carbocycles. The molecule has 1 heterocycles. The Labute approximate surface area is 105 Å². The Balaban J connectivity index is 1.90. The van der Waals surface area contributed by atoms with Gasteiger partial charge in [0.05, 0.1) is 0 Å². The second-order valence-corrected chi connectivity index (χ2v) is 4.98. The van der Waals surface area contributed by atoms with Crippen LogP contribution in [0.25, 0.3) is 0 Å². The number of hydrogen-bond donors (Lipinski definition) is 1. The average molecular weight is 232 g/mol. The van der Waals surface area contributed by atoms with Crippen LogP contribution in [0.15, 0.2) is 24.3 Å². The Bertz CT molecular complexity index is 349. The number of benzene rings is 1. The summed E-state index contributed by atoms with van der Waals surface area (Å²) in [7, 11) is 0. The number of para-hydroxylation sites is 1. The van der Waals surface area contributed by atoms with Gasteiger partial charge >= 0.3 is 0 Å². The zero-order chi connectivity index (χ0) is 12.1. The summed E-state index contributed by atoms with van der Waals surface area (Å²) in [5.41, 5.74) is 2.96. The van der Waals surface area contributed by atoms with Crippen LogP contribution in [-0.2, 0) is 6.42 Å². The summed E-state index contributed by atoms with van der Waals surface area (Å²) in [4.78, 5) is 2.52. The quantitative estimate of drug-likeness (QED) is 0.840. The Morgan fingerprint density at radius 2 is 2.18 bits per heavy atom. The first-order valence-electron chi connectivity index (χ1n) is 6.87. The van der Waals surface area contributed by atoms with Crippen molar-refractivity contribution in [2.24, 2.45) is 0 Å². The van der Waals surface area contributed by atoms with Gasteiger partial charge in [0.25, 0.3) is 0 Å². The van der Waals surface area contributed by atoms with Crippen molar-refractivity contribution in [1.29, 1.82) is 0 Å². The molecule has 1 unspecified atom stereocenters. The highest BCUT2D eigenvalue weighted by molar-refractivity contribution is 5.55. The maximum Gasteiger partial charge on any atom is 0.0399 e. The van der Waals surface area contributed by atoms with Crippen LogP contribution in [0.2, 0.25) is 0 Å². The highest BCUT2D eigenvalue weighted by Crippen LogP contribution is 2.25. The van der Waals surface area contributed by atoms with Gasteiger partial charge in [0.15, 0.2) is 0 Å². The number of anilines is 1. The first-order valence-corrected chi connectivity index (χ1v) is 6.87. The predicted octanol–water partition coefficient (Wildman–Crippen LogP) is 2.83. The largest absolute Gasteiger partial charge is 0.370 e. The van der Waals surface area contributed by atoms with Crippen LogP contribution in [0.1, 0.15) is 32.3 Å². The molecule has 1 aromatic rings. The highest BCUT2D eigenvalue weighted by Gasteiger charge is 2.15. The van der Waals surface area contributed by atoms with E-state index in [0.717, 1.165) is 13.1 Å². The van der Waals surface area contributed by atoms with E-state index in [-0.39, 0.29) is 0 Å². The third-order valence-corrected chi connectivity index (χ3v) is 3.69. The third kappa shape index (κ3) is 3.22. The maximum absolute atomic E-state index is 3.57. The molecule has 0 radical (unpaired) electrons. The van der Waals surface area contributed by atoms with Crippen molar-refractivity contribution in [2.75, 3.05) is 24.5 Å². The monoisotopic (exact) mass is 232 g/mol. The molecule has 0 amide bonds. The van der Waals surface area contributed by atoms with Gasteiger partial charge in [-0.1, -0.05) is 25.1 Å². The smallest absolute Gasteiger partial charge is 0.0399 e. The van der Waals surface area contributed by atoms with Crippen molar-refractivity contribution in [3.05, 3.63) is 29.8 Å². The van der Waals surface area contributed by atoms with Crippen LogP contribution in [0, 0.1) is 0 Å². The van der Waals surface area contributed by atoms with Crippen LogP contribution in [0.4, 0.5) is 5.69 Å². The molecule has 0 saturated carbocycles. The number of nitrogens with zero attached hydrogens (tertiary/aromatic N) is 1. The molecule has 1 atom stereocenters. The number of fused-ring (bicyclic) bond motifs is 1. The van der Waals surface area contributed by atoms with E-state index < -0.39 is 0 Å². The van der Waals surface area contributed by atoms with E-state index in [2.05, 4.69) is 48.3 Å². The minimum Gasteiger partial charge on any atom is -0.370 e. The van der Waals surface area contributed by atoms with Crippen LogP contribution in [0.5, 0.6) is 0 Å². The summed E-state index contributed by atoms with van der Waals surface area (Å²) in [5.74, 6) is 0. The van der Waals surface area contributed by atoms with Gasteiger partial charge in [-0.2, -0.15) is 0 Å². The van der Waals surface area contributed by atoms with Crippen molar-refractivity contribution < 1.29 is 0 Å². The zero-order valence-electron chi connectivity index (χ0n) is 11.1. The molecule has 0 bridgehead atoms. The first-order chi connectivity index (χ1) is 8.31. The van der Waals surface area contributed by atoms with E-state index in [1.54, 1.807) is 0 Å². The van der Waals surface area contributed by atoms with Gasteiger partial charge in [0, 0.05) is 31.4 Å². The van der Waals surface area contributed by atoms with Gasteiger partial charge in [-0.3, -0.25) is 0 Å². The Morgan fingerprint density at radius 1 is 1.35 bits per heavy atom. The van der Waals surface area contributed by atoms with E-state index in [4.69, 9.17) is 0 Å². The Morgan fingerprint density at radius 3 is 3.00 bits per heavy atom. The van der Waals surface area contributed by atoms with E-state index in [0.29, 0.717) is 6.04 Å². The number of nitrogens with one attached hydrogen (secondary N) is 1. The fraction of sp³-hybridized carbons (Fsp3) is 0.600. The van der Waals surface area contributed by atoms with Crippen LogP contribution >= 0.6 is 0 Å². The lowest BCUT2D eigenvalue weighted by Gasteiger charge is -2.31. The minimum atomic E-state index is 0.634. The molecule has 1 N–H and O–H groups in total. The standard InChI is InChI=1S/C15H24N2/c1-3-13(2)16-10-12-17-11-6-8-14-7-4-5-9-15(14)17/h4-5,7,9,13,16H,3,6,8,10-12H2,1-2H3. The summed E-state index contributed by atoms with van der Waals surface area (Å²) >= 11 is 0. The summed E-state index contributed by atoms with van der Waals surface area (Å²) in [6.07, 6.45) is 3.74. The fourth-order valence-electron chi connectivity index (χ4n) is 2.43. The van der Waals surface area contributed by atoms with Crippen molar-refractivity contribution in [2.45, 2.75) is 39.2 Å².